The number of hydrogen-bond acceptors (Lipinski definition) is 3. The van der Waals surface area contributed by atoms with Crippen molar-refractivity contribution in [2.75, 3.05) is 0 Å². The molecule has 19 heavy (non-hydrogen) atoms. The highest BCUT2D eigenvalue weighted by Gasteiger charge is 2.14. The van der Waals surface area contributed by atoms with Crippen LogP contribution in [0.15, 0.2) is 24.5 Å². The molecule has 0 aromatic carbocycles. The molecule has 2 rings (SSSR count). The number of nitrogens with one attached hydrogen (secondary N) is 1. The van der Waals surface area contributed by atoms with E-state index < -0.39 is 0 Å². The van der Waals surface area contributed by atoms with Crippen LogP contribution >= 0.6 is 11.6 Å². The van der Waals surface area contributed by atoms with Crippen LogP contribution in [-0.2, 0) is 20.0 Å². The molecule has 0 spiro atoms. The number of aromatic nitrogens is 3. The molecule has 1 atom stereocenters. The summed E-state index contributed by atoms with van der Waals surface area (Å²) in [6.45, 7) is 4.87. The van der Waals surface area contributed by atoms with Gasteiger partial charge < -0.3 is 5.32 Å². The van der Waals surface area contributed by atoms with Crippen LogP contribution < -0.4 is 5.32 Å². The van der Waals surface area contributed by atoms with Gasteiger partial charge in [0.2, 0.25) is 0 Å². The molecule has 0 amide bonds. The third-order valence-electron chi connectivity index (χ3n) is 3.26. The van der Waals surface area contributed by atoms with Crippen LogP contribution in [0.4, 0.5) is 0 Å². The lowest BCUT2D eigenvalue weighted by Crippen LogP contribution is -2.20. The topological polar surface area (TPSA) is 42.7 Å². The van der Waals surface area contributed by atoms with E-state index in [9.17, 15) is 0 Å². The van der Waals surface area contributed by atoms with Crippen LogP contribution in [0.25, 0.3) is 0 Å². The fourth-order valence-electron chi connectivity index (χ4n) is 2.01. The molecule has 2 aromatic rings. The Morgan fingerprint density at radius 3 is 2.84 bits per heavy atom. The highest BCUT2D eigenvalue weighted by atomic mass is 35.5. The van der Waals surface area contributed by atoms with Gasteiger partial charge in [0.1, 0.15) is 0 Å². The number of halogens is 1. The number of pyridine rings is 1. The molecule has 102 valence electrons. The van der Waals surface area contributed by atoms with Crippen molar-refractivity contribution in [1.29, 1.82) is 0 Å². The van der Waals surface area contributed by atoms with Gasteiger partial charge in [-0.2, -0.15) is 5.10 Å². The minimum atomic E-state index is 0.227. The smallest absolute Gasteiger partial charge is 0.0863 e. The first-order valence-corrected chi connectivity index (χ1v) is 6.84. The van der Waals surface area contributed by atoms with Crippen molar-refractivity contribution in [2.24, 2.45) is 7.05 Å². The summed E-state index contributed by atoms with van der Waals surface area (Å²) in [5, 5.41) is 8.63. The zero-order chi connectivity index (χ0) is 13.8. The maximum atomic E-state index is 6.32. The molecule has 0 aliphatic heterocycles. The molecule has 5 heteroatoms. The lowest BCUT2D eigenvalue weighted by molar-refractivity contribution is 0.546. The molecule has 0 saturated heterocycles. The summed E-state index contributed by atoms with van der Waals surface area (Å²) in [4.78, 5) is 4.13. The zero-order valence-corrected chi connectivity index (χ0v) is 12.3. The maximum Gasteiger partial charge on any atom is 0.0863 e. The summed E-state index contributed by atoms with van der Waals surface area (Å²) < 4.78 is 1.85. The highest BCUT2D eigenvalue weighted by molar-refractivity contribution is 6.31. The van der Waals surface area contributed by atoms with Crippen molar-refractivity contribution < 1.29 is 0 Å². The van der Waals surface area contributed by atoms with Gasteiger partial charge in [-0.3, -0.25) is 9.67 Å². The Morgan fingerprint density at radius 2 is 2.26 bits per heavy atom. The minimum Gasteiger partial charge on any atom is -0.304 e. The number of nitrogens with zero attached hydrogens (tertiary/aromatic N) is 3. The van der Waals surface area contributed by atoms with Gasteiger partial charge in [0, 0.05) is 32.0 Å². The molecule has 0 aliphatic rings. The molecule has 0 fully saturated rings. The fourth-order valence-corrected chi connectivity index (χ4v) is 2.37. The summed E-state index contributed by atoms with van der Waals surface area (Å²) in [6, 6.07) is 4.23. The van der Waals surface area contributed by atoms with E-state index in [2.05, 4.69) is 35.3 Å². The first kappa shape index (κ1) is 14.0. The van der Waals surface area contributed by atoms with E-state index in [1.54, 1.807) is 6.20 Å². The molecule has 1 unspecified atom stereocenters. The third-order valence-corrected chi connectivity index (χ3v) is 3.70. The summed E-state index contributed by atoms with van der Waals surface area (Å²) in [5.74, 6) is 0. The highest BCUT2D eigenvalue weighted by Crippen LogP contribution is 2.21. The van der Waals surface area contributed by atoms with Crippen molar-refractivity contribution in [3.8, 4) is 0 Å². The summed E-state index contributed by atoms with van der Waals surface area (Å²) in [6.07, 6.45) is 4.51. The second kappa shape index (κ2) is 6.17. The van der Waals surface area contributed by atoms with Crippen molar-refractivity contribution in [3.05, 3.63) is 46.5 Å². The normalized spacial score (nSPS) is 12.6. The van der Waals surface area contributed by atoms with Crippen LogP contribution in [0.2, 0.25) is 5.02 Å². The molecule has 0 aliphatic carbocycles. The van der Waals surface area contributed by atoms with Crippen LogP contribution in [0.3, 0.4) is 0 Å². The van der Waals surface area contributed by atoms with Crippen molar-refractivity contribution >= 4 is 11.6 Å². The second-order valence-corrected chi connectivity index (χ2v) is 4.95. The summed E-state index contributed by atoms with van der Waals surface area (Å²) in [7, 11) is 1.93. The maximum absolute atomic E-state index is 6.32. The first-order chi connectivity index (χ1) is 9.13. The Labute approximate surface area is 118 Å². The Kier molecular flexibility index (Phi) is 4.56. The van der Waals surface area contributed by atoms with Gasteiger partial charge in [0.05, 0.1) is 16.4 Å². The molecule has 0 bridgehead atoms. The molecule has 2 aromatic heterocycles. The van der Waals surface area contributed by atoms with Crippen LogP contribution in [-0.4, -0.2) is 14.8 Å². The quantitative estimate of drug-likeness (QED) is 0.914. The van der Waals surface area contributed by atoms with E-state index >= 15 is 0 Å². The van der Waals surface area contributed by atoms with E-state index in [1.807, 2.05) is 24.0 Å². The van der Waals surface area contributed by atoms with Crippen LogP contribution in [0, 0.1) is 0 Å². The Morgan fingerprint density at radius 1 is 1.47 bits per heavy atom. The number of hydrogen-bond donors (Lipinski definition) is 1. The third kappa shape index (κ3) is 3.14. The SMILES string of the molecule is CCc1nn(C)c(CNC(C)c2cccnc2)c1Cl. The molecule has 0 saturated carbocycles. The van der Waals surface area contributed by atoms with Gasteiger partial charge >= 0.3 is 0 Å². The van der Waals surface area contributed by atoms with E-state index in [4.69, 9.17) is 11.6 Å². The van der Waals surface area contributed by atoms with Gasteiger partial charge in [-0.05, 0) is 25.0 Å². The van der Waals surface area contributed by atoms with E-state index in [-0.39, 0.29) is 6.04 Å². The predicted molar refractivity (Wildman–Crippen MR) is 77.1 cm³/mol. The second-order valence-electron chi connectivity index (χ2n) is 4.57. The van der Waals surface area contributed by atoms with Gasteiger partial charge in [-0.25, -0.2) is 0 Å². The monoisotopic (exact) mass is 278 g/mol. The van der Waals surface area contributed by atoms with E-state index in [1.165, 1.54) is 0 Å². The average molecular weight is 279 g/mol. The minimum absolute atomic E-state index is 0.227. The van der Waals surface area contributed by atoms with Gasteiger partial charge in [-0.15, -0.1) is 0 Å². The molecular weight excluding hydrogens is 260 g/mol. The zero-order valence-electron chi connectivity index (χ0n) is 11.5. The lowest BCUT2D eigenvalue weighted by Gasteiger charge is -2.14. The molecule has 4 nitrogen and oxygen atoms in total. The van der Waals surface area contributed by atoms with Gasteiger partial charge in [0.25, 0.3) is 0 Å². The fraction of sp³-hybridized carbons (Fsp3) is 0.429. The van der Waals surface area contributed by atoms with Gasteiger partial charge in [0.15, 0.2) is 0 Å². The van der Waals surface area contributed by atoms with Gasteiger partial charge in [-0.1, -0.05) is 24.6 Å². The molecule has 1 N–H and O–H groups in total. The van der Waals surface area contributed by atoms with Crippen molar-refractivity contribution in [2.45, 2.75) is 32.9 Å². The summed E-state index contributed by atoms with van der Waals surface area (Å²) in [5.41, 5.74) is 3.14. The van der Waals surface area contributed by atoms with E-state index in [0.717, 1.165) is 28.4 Å². The molecular formula is C14H19ClN4. The Hall–Kier alpha value is -1.39. The Balaban J connectivity index is 2.05. The first-order valence-electron chi connectivity index (χ1n) is 6.47. The predicted octanol–water partition coefficient (Wildman–Crippen LogP) is 2.88. The standard InChI is InChI=1S/C14H19ClN4/c1-4-12-14(15)13(19(3)18-12)9-17-10(2)11-6-5-7-16-8-11/h5-8,10,17H,4,9H2,1-3H3. The molecule has 2 heterocycles. The van der Waals surface area contributed by atoms with E-state index in [0.29, 0.717) is 6.54 Å². The number of rotatable bonds is 5. The lowest BCUT2D eigenvalue weighted by atomic mass is 10.1. The van der Waals surface area contributed by atoms with Crippen molar-refractivity contribution in [1.82, 2.24) is 20.1 Å². The Bertz CT molecular complexity index is 536. The largest absolute Gasteiger partial charge is 0.304 e. The number of aryl methyl sites for hydroxylation is 2. The van der Waals surface area contributed by atoms with Crippen molar-refractivity contribution in [3.63, 3.8) is 0 Å². The van der Waals surface area contributed by atoms with Crippen LogP contribution in [0.1, 0.15) is 36.8 Å². The average Bonchev–Trinajstić information content (AvgIpc) is 2.72. The molecule has 0 radical (unpaired) electrons. The van der Waals surface area contributed by atoms with Crippen LogP contribution in [0.5, 0.6) is 0 Å². The summed E-state index contributed by atoms with van der Waals surface area (Å²) >= 11 is 6.32.